The number of anilines is 1. The van der Waals surface area contributed by atoms with Crippen LogP contribution in [0.1, 0.15) is 49.3 Å². The van der Waals surface area contributed by atoms with Gasteiger partial charge in [0.25, 0.3) is 0 Å². The normalized spacial score (nSPS) is 28.0. The summed E-state index contributed by atoms with van der Waals surface area (Å²) in [6.07, 6.45) is 10.1. The Kier molecular flexibility index (Phi) is 3.16. The molecule has 6 heteroatoms. The van der Waals surface area contributed by atoms with Gasteiger partial charge >= 0.3 is 0 Å². The number of ketones is 1. The summed E-state index contributed by atoms with van der Waals surface area (Å²) in [4.78, 5) is 18.9. The van der Waals surface area contributed by atoms with Gasteiger partial charge in [-0.05, 0) is 24.3 Å². The van der Waals surface area contributed by atoms with Gasteiger partial charge in [-0.15, -0.1) is 11.3 Å². The molecule has 1 N–H and O–H groups in total. The van der Waals surface area contributed by atoms with Crippen LogP contribution in [0.25, 0.3) is 0 Å². The molecule has 0 radical (unpaired) electrons. The average Bonchev–Trinajstić information content (AvgIpc) is 3.27. The number of nitrogens with one attached hydrogen (secondary N) is 1. The van der Waals surface area contributed by atoms with E-state index in [1.807, 2.05) is 4.68 Å². The number of carbonyl (C=O) groups excluding carboxylic acids is 1. The van der Waals surface area contributed by atoms with Crippen molar-refractivity contribution in [2.24, 2.45) is 5.92 Å². The van der Waals surface area contributed by atoms with Gasteiger partial charge in [-0.3, -0.25) is 4.79 Å². The smallest absolute Gasteiger partial charge is 0.225 e. The van der Waals surface area contributed by atoms with Crippen LogP contribution >= 0.6 is 11.3 Å². The van der Waals surface area contributed by atoms with Crippen molar-refractivity contribution in [1.29, 1.82) is 0 Å². The van der Waals surface area contributed by atoms with Crippen molar-refractivity contribution < 1.29 is 4.79 Å². The Morgan fingerprint density at radius 3 is 2.96 bits per heavy atom. The molecular weight excluding hydrogens is 320 g/mol. The first-order valence-corrected chi connectivity index (χ1v) is 9.61. The lowest BCUT2D eigenvalue weighted by atomic mass is 9.65. The quantitative estimate of drug-likeness (QED) is 0.860. The summed E-state index contributed by atoms with van der Waals surface area (Å²) >= 11 is 1.73. The van der Waals surface area contributed by atoms with Crippen LogP contribution in [-0.2, 0) is 10.3 Å². The first-order chi connectivity index (χ1) is 11.8. The topological polar surface area (TPSA) is 59.8 Å². The van der Waals surface area contributed by atoms with Crippen molar-refractivity contribution in [3.8, 4) is 0 Å². The van der Waals surface area contributed by atoms with E-state index in [1.54, 1.807) is 17.7 Å². The van der Waals surface area contributed by atoms with Crippen LogP contribution in [0.2, 0.25) is 0 Å². The standard InChI is InChI=1S/C18H20N4OS/c23-14-10-12(15-5-4-8-24-15)9-13-16(14)18(6-2-1-3-7-18)22-17(21-13)19-11-20-22/h4-5,8-9,11-12,16H,1-3,6-7,10H2,(H,19,20,21)/t12-,16+/m1/s1. The summed E-state index contributed by atoms with van der Waals surface area (Å²) in [7, 11) is 0. The first kappa shape index (κ1) is 14.4. The molecule has 0 aromatic carbocycles. The van der Waals surface area contributed by atoms with Crippen LogP contribution < -0.4 is 5.32 Å². The van der Waals surface area contributed by atoms with E-state index in [0.29, 0.717) is 12.2 Å². The molecule has 5 nitrogen and oxygen atoms in total. The fraction of sp³-hybridized carbons (Fsp3) is 0.500. The highest BCUT2D eigenvalue weighted by Crippen LogP contribution is 2.51. The molecule has 2 aromatic rings. The third kappa shape index (κ3) is 1.95. The first-order valence-electron chi connectivity index (χ1n) is 8.73. The highest BCUT2D eigenvalue weighted by atomic mass is 32.1. The van der Waals surface area contributed by atoms with Gasteiger partial charge in [-0.1, -0.05) is 31.4 Å². The van der Waals surface area contributed by atoms with E-state index in [1.165, 1.54) is 11.3 Å². The molecular formula is C18H20N4OS. The number of rotatable bonds is 1. The van der Waals surface area contributed by atoms with Gasteiger partial charge in [0.15, 0.2) is 0 Å². The van der Waals surface area contributed by atoms with Crippen LogP contribution in [0.3, 0.4) is 0 Å². The average molecular weight is 340 g/mol. The highest BCUT2D eigenvalue weighted by Gasteiger charge is 2.53. The molecule has 3 heterocycles. The molecule has 1 spiro atoms. The summed E-state index contributed by atoms with van der Waals surface area (Å²) in [6, 6.07) is 4.18. The van der Waals surface area contributed by atoms with E-state index >= 15 is 0 Å². The number of aromatic nitrogens is 3. The number of nitrogens with zero attached hydrogens (tertiary/aromatic N) is 3. The Labute approximate surface area is 144 Å². The summed E-state index contributed by atoms with van der Waals surface area (Å²) in [5, 5.41) is 9.98. The third-order valence-corrected chi connectivity index (χ3v) is 6.83. The molecule has 2 aromatic heterocycles. The molecule has 124 valence electrons. The summed E-state index contributed by atoms with van der Waals surface area (Å²) in [5.74, 6) is 1.23. The van der Waals surface area contributed by atoms with Gasteiger partial charge in [0.2, 0.25) is 5.95 Å². The predicted molar refractivity (Wildman–Crippen MR) is 93.0 cm³/mol. The fourth-order valence-electron chi connectivity index (χ4n) is 4.84. The van der Waals surface area contributed by atoms with Crippen LogP contribution in [0.15, 0.2) is 35.6 Å². The molecule has 3 aliphatic rings. The van der Waals surface area contributed by atoms with Gasteiger partial charge in [-0.2, -0.15) is 10.1 Å². The zero-order chi connectivity index (χ0) is 16.1. The zero-order valence-corrected chi connectivity index (χ0v) is 14.3. The molecule has 0 bridgehead atoms. The maximum atomic E-state index is 13.2. The molecule has 2 aliphatic carbocycles. The lowest BCUT2D eigenvalue weighted by molar-refractivity contribution is -0.127. The maximum absolute atomic E-state index is 13.2. The Bertz CT molecular complexity index is 801. The fourth-order valence-corrected chi connectivity index (χ4v) is 5.63. The largest absolute Gasteiger partial charge is 0.328 e. The van der Waals surface area contributed by atoms with Crippen molar-refractivity contribution in [2.75, 3.05) is 5.32 Å². The number of Topliss-reactive ketones (excluding diaryl/α,β-unsaturated/α-hetero) is 1. The summed E-state index contributed by atoms with van der Waals surface area (Å²) < 4.78 is 2.01. The van der Waals surface area contributed by atoms with Crippen LogP contribution in [-0.4, -0.2) is 20.5 Å². The second-order valence-corrected chi connectivity index (χ2v) is 8.11. The minimum atomic E-state index is -0.210. The maximum Gasteiger partial charge on any atom is 0.225 e. The van der Waals surface area contributed by atoms with Gasteiger partial charge < -0.3 is 5.32 Å². The van der Waals surface area contributed by atoms with Crippen molar-refractivity contribution in [3.63, 3.8) is 0 Å². The van der Waals surface area contributed by atoms with E-state index in [9.17, 15) is 4.79 Å². The van der Waals surface area contributed by atoms with Crippen LogP contribution in [0.5, 0.6) is 0 Å². The molecule has 0 saturated heterocycles. The number of carbonyl (C=O) groups is 1. The van der Waals surface area contributed by atoms with E-state index in [2.05, 4.69) is 39.0 Å². The Hall–Kier alpha value is -1.95. The third-order valence-electron chi connectivity index (χ3n) is 5.83. The molecule has 0 amide bonds. The molecule has 0 unspecified atom stereocenters. The molecule has 1 saturated carbocycles. The molecule has 1 aliphatic heterocycles. The monoisotopic (exact) mass is 340 g/mol. The van der Waals surface area contributed by atoms with Crippen LogP contribution in [0.4, 0.5) is 5.95 Å². The van der Waals surface area contributed by atoms with Gasteiger partial charge in [0.05, 0.1) is 11.5 Å². The molecule has 1 fully saturated rings. The van der Waals surface area contributed by atoms with Gasteiger partial charge in [0.1, 0.15) is 12.1 Å². The van der Waals surface area contributed by atoms with Crippen LogP contribution in [0, 0.1) is 5.92 Å². The van der Waals surface area contributed by atoms with E-state index in [-0.39, 0.29) is 17.4 Å². The summed E-state index contributed by atoms with van der Waals surface area (Å²) in [5.41, 5.74) is 0.839. The number of thiophene rings is 1. The number of hydrogen-bond acceptors (Lipinski definition) is 5. The highest BCUT2D eigenvalue weighted by molar-refractivity contribution is 7.10. The Balaban J connectivity index is 1.64. The second-order valence-electron chi connectivity index (χ2n) is 7.13. The van der Waals surface area contributed by atoms with Crippen molar-refractivity contribution in [2.45, 2.75) is 50.0 Å². The lowest BCUT2D eigenvalue weighted by Gasteiger charge is -2.48. The van der Waals surface area contributed by atoms with Gasteiger partial charge in [-0.25, -0.2) is 4.68 Å². The molecule has 2 atom stereocenters. The zero-order valence-electron chi connectivity index (χ0n) is 13.4. The van der Waals surface area contributed by atoms with E-state index in [0.717, 1.165) is 37.3 Å². The number of allylic oxidation sites excluding steroid dienone is 2. The van der Waals surface area contributed by atoms with Crippen molar-refractivity contribution in [1.82, 2.24) is 14.8 Å². The summed E-state index contributed by atoms with van der Waals surface area (Å²) in [6.45, 7) is 0. The predicted octanol–water partition coefficient (Wildman–Crippen LogP) is 3.68. The Morgan fingerprint density at radius 2 is 2.17 bits per heavy atom. The molecule has 5 rings (SSSR count). The Morgan fingerprint density at radius 1 is 1.29 bits per heavy atom. The lowest BCUT2D eigenvalue weighted by Crippen LogP contribution is -2.53. The number of hydrogen-bond donors (Lipinski definition) is 1. The minimum absolute atomic E-state index is 0.0942. The van der Waals surface area contributed by atoms with Crippen molar-refractivity contribution in [3.05, 3.63) is 40.5 Å². The van der Waals surface area contributed by atoms with E-state index in [4.69, 9.17) is 0 Å². The SMILES string of the molecule is O=C1C[C@H](c2cccs2)C=C2Nc3ncnn3C3(CCCCC3)[C@H]12. The second kappa shape index (κ2) is 5.28. The van der Waals surface area contributed by atoms with E-state index < -0.39 is 0 Å². The van der Waals surface area contributed by atoms with Crippen molar-refractivity contribution >= 4 is 23.1 Å². The molecule has 24 heavy (non-hydrogen) atoms. The van der Waals surface area contributed by atoms with Gasteiger partial charge in [0, 0.05) is 22.9 Å². The number of fused-ring (bicyclic) bond motifs is 4. The minimum Gasteiger partial charge on any atom is -0.328 e.